The van der Waals surface area contributed by atoms with Crippen LogP contribution in [0, 0.1) is 0 Å². The molecule has 0 aliphatic carbocycles. The number of morpholine rings is 1. The smallest absolute Gasteiger partial charge is 0.0594 e. The number of hydrogen-bond donors (Lipinski definition) is 1. The summed E-state index contributed by atoms with van der Waals surface area (Å²) in [5, 5.41) is 7.94. The van der Waals surface area contributed by atoms with Crippen LogP contribution in [0.1, 0.15) is 38.8 Å². The molecule has 5 heteroatoms. The van der Waals surface area contributed by atoms with Crippen LogP contribution in [0.2, 0.25) is 0 Å². The van der Waals surface area contributed by atoms with Crippen LogP contribution in [0.4, 0.5) is 0 Å². The Morgan fingerprint density at radius 2 is 2.10 bits per heavy atom. The van der Waals surface area contributed by atoms with Gasteiger partial charge in [0.2, 0.25) is 0 Å². The van der Waals surface area contributed by atoms with E-state index < -0.39 is 0 Å². The molecule has 2 heterocycles. The second-order valence-electron chi connectivity index (χ2n) is 6.01. The van der Waals surface area contributed by atoms with Crippen molar-refractivity contribution in [1.82, 2.24) is 20.0 Å². The molecule has 0 radical (unpaired) electrons. The minimum atomic E-state index is 0.0403. The van der Waals surface area contributed by atoms with Crippen molar-refractivity contribution in [1.29, 1.82) is 0 Å². The maximum Gasteiger partial charge on any atom is 0.0594 e. The minimum absolute atomic E-state index is 0.0403. The molecule has 20 heavy (non-hydrogen) atoms. The van der Waals surface area contributed by atoms with Gasteiger partial charge in [-0.15, -0.1) is 0 Å². The highest BCUT2D eigenvalue weighted by atomic mass is 16.5. The Hall–Kier alpha value is -0.910. The average Bonchev–Trinajstić information content (AvgIpc) is 2.89. The van der Waals surface area contributed by atoms with Gasteiger partial charge in [0.1, 0.15) is 0 Å². The first-order chi connectivity index (χ1) is 9.59. The van der Waals surface area contributed by atoms with Crippen molar-refractivity contribution >= 4 is 0 Å². The van der Waals surface area contributed by atoms with Gasteiger partial charge in [-0.1, -0.05) is 6.92 Å². The van der Waals surface area contributed by atoms with Crippen LogP contribution in [-0.4, -0.2) is 53.6 Å². The van der Waals surface area contributed by atoms with E-state index in [1.54, 1.807) is 0 Å². The molecule has 2 rings (SSSR count). The molecule has 114 valence electrons. The van der Waals surface area contributed by atoms with Crippen molar-refractivity contribution in [2.45, 2.75) is 45.3 Å². The number of rotatable bonds is 6. The summed E-state index contributed by atoms with van der Waals surface area (Å²) in [6.07, 6.45) is 5.28. The Balaban J connectivity index is 2.15. The van der Waals surface area contributed by atoms with E-state index in [4.69, 9.17) is 4.74 Å². The topological polar surface area (TPSA) is 42.3 Å². The van der Waals surface area contributed by atoms with E-state index in [-0.39, 0.29) is 11.6 Å². The molecule has 1 aliphatic heterocycles. The van der Waals surface area contributed by atoms with Crippen LogP contribution in [0.3, 0.4) is 0 Å². The molecule has 0 saturated carbocycles. The van der Waals surface area contributed by atoms with Crippen molar-refractivity contribution in [3.05, 3.63) is 18.0 Å². The molecule has 0 spiro atoms. The predicted octanol–water partition coefficient (Wildman–Crippen LogP) is 1.66. The highest BCUT2D eigenvalue weighted by Crippen LogP contribution is 2.31. The summed E-state index contributed by atoms with van der Waals surface area (Å²) in [7, 11) is 2.03. The summed E-state index contributed by atoms with van der Waals surface area (Å²) in [4.78, 5) is 2.51. The fourth-order valence-electron chi connectivity index (χ4n) is 3.13. The first-order valence-electron chi connectivity index (χ1n) is 7.62. The van der Waals surface area contributed by atoms with Crippen LogP contribution < -0.4 is 5.32 Å². The predicted molar refractivity (Wildman–Crippen MR) is 80.8 cm³/mol. The van der Waals surface area contributed by atoms with Gasteiger partial charge in [0.25, 0.3) is 0 Å². The van der Waals surface area contributed by atoms with Gasteiger partial charge < -0.3 is 10.1 Å². The summed E-state index contributed by atoms with van der Waals surface area (Å²) < 4.78 is 7.51. The van der Waals surface area contributed by atoms with E-state index in [1.807, 2.05) is 17.9 Å². The van der Waals surface area contributed by atoms with Crippen molar-refractivity contribution in [3.63, 3.8) is 0 Å². The fourth-order valence-corrected chi connectivity index (χ4v) is 3.13. The molecule has 1 aromatic heterocycles. The molecular formula is C15H28N4O. The number of nitrogens with zero attached hydrogens (tertiary/aromatic N) is 3. The lowest BCUT2D eigenvalue weighted by molar-refractivity contribution is -0.0229. The molecule has 1 unspecified atom stereocenters. The highest BCUT2D eigenvalue weighted by molar-refractivity contribution is 5.16. The van der Waals surface area contributed by atoms with Crippen LogP contribution in [0.25, 0.3) is 0 Å². The molecule has 1 N–H and O–H groups in total. The van der Waals surface area contributed by atoms with Crippen molar-refractivity contribution in [3.8, 4) is 0 Å². The van der Waals surface area contributed by atoms with Gasteiger partial charge in [0.15, 0.2) is 0 Å². The van der Waals surface area contributed by atoms with Crippen LogP contribution in [-0.2, 0) is 11.3 Å². The largest absolute Gasteiger partial charge is 0.379 e. The zero-order chi connectivity index (χ0) is 14.6. The Morgan fingerprint density at radius 3 is 2.70 bits per heavy atom. The molecule has 5 nitrogen and oxygen atoms in total. The third-order valence-electron chi connectivity index (χ3n) is 4.26. The van der Waals surface area contributed by atoms with Crippen LogP contribution in [0.15, 0.2) is 12.4 Å². The number of ether oxygens (including phenoxy) is 1. The van der Waals surface area contributed by atoms with Crippen LogP contribution in [0.5, 0.6) is 0 Å². The lowest BCUT2D eigenvalue weighted by atomic mass is 9.88. The SMILES string of the molecule is CCCn1cc(C(NC)C(C)(C)N2CCOCC2)cn1. The maximum absolute atomic E-state index is 5.47. The van der Waals surface area contributed by atoms with Gasteiger partial charge in [0.05, 0.1) is 25.5 Å². The summed E-state index contributed by atoms with van der Waals surface area (Å²) >= 11 is 0. The zero-order valence-electron chi connectivity index (χ0n) is 13.2. The third kappa shape index (κ3) is 3.22. The Bertz CT molecular complexity index is 410. The van der Waals surface area contributed by atoms with Crippen molar-refractivity contribution < 1.29 is 4.74 Å². The highest BCUT2D eigenvalue weighted by Gasteiger charge is 2.36. The molecule has 0 bridgehead atoms. The lowest BCUT2D eigenvalue weighted by Crippen LogP contribution is -2.55. The van der Waals surface area contributed by atoms with E-state index in [1.165, 1.54) is 5.56 Å². The summed E-state index contributed by atoms with van der Waals surface area (Å²) in [5.41, 5.74) is 1.30. The standard InChI is InChI=1S/C15H28N4O/c1-5-6-19-12-13(11-17-19)14(16-4)15(2,3)18-7-9-20-10-8-18/h11-12,14,16H,5-10H2,1-4H3. The quantitative estimate of drug-likeness (QED) is 0.860. The van der Waals surface area contributed by atoms with E-state index in [0.29, 0.717) is 0 Å². The normalized spacial score (nSPS) is 19.2. The molecule has 1 aliphatic rings. The van der Waals surface area contributed by atoms with Crippen molar-refractivity contribution in [2.75, 3.05) is 33.4 Å². The van der Waals surface area contributed by atoms with E-state index in [2.05, 4.69) is 42.3 Å². The molecule has 1 atom stereocenters. The average molecular weight is 280 g/mol. The molecule has 0 aromatic carbocycles. The third-order valence-corrected chi connectivity index (χ3v) is 4.26. The Morgan fingerprint density at radius 1 is 1.40 bits per heavy atom. The van der Waals surface area contributed by atoms with E-state index in [9.17, 15) is 0 Å². The second kappa shape index (κ2) is 6.70. The summed E-state index contributed by atoms with van der Waals surface area (Å²) in [5.74, 6) is 0. The zero-order valence-corrected chi connectivity index (χ0v) is 13.2. The number of likely N-dealkylation sites (N-methyl/N-ethyl adjacent to an activating group) is 1. The number of hydrogen-bond acceptors (Lipinski definition) is 4. The van der Waals surface area contributed by atoms with Crippen LogP contribution >= 0.6 is 0 Å². The van der Waals surface area contributed by atoms with Gasteiger partial charge in [-0.2, -0.15) is 5.10 Å². The number of nitrogens with one attached hydrogen (secondary N) is 1. The van der Waals surface area contributed by atoms with Gasteiger partial charge >= 0.3 is 0 Å². The van der Waals surface area contributed by atoms with Gasteiger partial charge in [-0.25, -0.2) is 0 Å². The Kier molecular flexibility index (Phi) is 5.18. The van der Waals surface area contributed by atoms with Gasteiger partial charge in [-0.05, 0) is 27.3 Å². The van der Waals surface area contributed by atoms with Gasteiger partial charge in [-0.3, -0.25) is 9.58 Å². The fraction of sp³-hybridized carbons (Fsp3) is 0.800. The van der Waals surface area contributed by atoms with E-state index >= 15 is 0 Å². The number of aromatic nitrogens is 2. The number of aryl methyl sites for hydroxylation is 1. The molecule has 1 aromatic rings. The lowest BCUT2D eigenvalue weighted by Gasteiger charge is -2.45. The monoisotopic (exact) mass is 280 g/mol. The molecule has 0 amide bonds. The second-order valence-corrected chi connectivity index (χ2v) is 6.01. The molecule has 1 saturated heterocycles. The Labute approximate surface area is 122 Å². The molecular weight excluding hydrogens is 252 g/mol. The summed E-state index contributed by atoms with van der Waals surface area (Å²) in [6.45, 7) is 11.4. The molecule has 1 fully saturated rings. The maximum atomic E-state index is 5.47. The van der Waals surface area contributed by atoms with Gasteiger partial charge in [0, 0.05) is 36.9 Å². The minimum Gasteiger partial charge on any atom is -0.379 e. The summed E-state index contributed by atoms with van der Waals surface area (Å²) in [6, 6.07) is 0.270. The first kappa shape index (κ1) is 15.5. The first-order valence-corrected chi connectivity index (χ1v) is 7.62. The van der Waals surface area contributed by atoms with E-state index in [0.717, 1.165) is 39.3 Å². The van der Waals surface area contributed by atoms with Crippen molar-refractivity contribution in [2.24, 2.45) is 0 Å².